The Kier molecular flexibility index (Phi) is 3.87. The molecule has 6 nitrogen and oxygen atoms in total. The summed E-state index contributed by atoms with van der Waals surface area (Å²) in [6.45, 7) is 0. The maximum absolute atomic E-state index is 12.8. The van der Waals surface area contributed by atoms with E-state index in [1.807, 2.05) is 44.6 Å². The van der Waals surface area contributed by atoms with E-state index in [4.69, 9.17) is 0 Å². The van der Waals surface area contributed by atoms with E-state index >= 15 is 0 Å². The van der Waals surface area contributed by atoms with Gasteiger partial charge in [0.05, 0.1) is 11.3 Å². The van der Waals surface area contributed by atoms with Gasteiger partial charge in [0.25, 0.3) is 5.91 Å². The molecule has 0 aromatic carbocycles. The van der Waals surface area contributed by atoms with Crippen LogP contribution >= 0.6 is 0 Å². The smallest absolute Gasteiger partial charge is 0.258 e. The van der Waals surface area contributed by atoms with Crippen molar-refractivity contribution in [3.05, 3.63) is 54.1 Å². The Bertz CT molecular complexity index is 905. The van der Waals surface area contributed by atoms with Crippen LogP contribution in [0.5, 0.6) is 0 Å². The van der Waals surface area contributed by atoms with Crippen molar-refractivity contribution in [3.63, 3.8) is 0 Å². The Morgan fingerprint density at radius 3 is 2.64 bits per heavy atom. The number of hydrogen-bond donors (Lipinski definition) is 1. The van der Waals surface area contributed by atoms with Crippen LogP contribution in [0.3, 0.4) is 0 Å². The highest BCUT2D eigenvalue weighted by atomic mass is 16.1. The first kappa shape index (κ1) is 15.6. The van der Waals surface area contributed by atoms with E-state index in [0.29, 0.717) is 11.7 Å². The first-order chi connectivity index (χ1) is 12.1. The zero-order valence-electron chi connectivity index (χ0n) is 14.4. The summed E-state index contributed by atoms with van der Waals surface area (Å²) in [7, 11) is 3.84. The molecule has 0 spiro atoms. The number of nitrogens with zero attached hydrogens (tertiary/aromatic N) is 4. The molecule has 1 N–H and O–H groups in total. The number of aryl methyl sites for hydroxylation is 2. The van der Waals surface area contributed by atoms with Gasteiger partial charge in [-0.1, -0.05) is 6.42 Å². The van der Waals surface area contributed by atoms with E-state index in [0.717, 1.165) is 35.4 Å². The van der Waals surface area contributed by atoms with Crippen LogP contribution in [0, 0.1) is 0 Å². The van der Waals surface area contributed by atoms with Crippen LogP contribution in [0.15, 0.2) is 42.9 Å². The lowest BCUT2D eigenvalue weighted by Gasteiger charge is -2.27. The molecule has 1 saturated carbocycles. The largest absolute Gasteiger partial charge is 0.353 e. The Labute approximate surface area is 146 Å². The molecule has 3 aromatic rings. The fourth-order valence-electron chi connectivity index (χ4n) is 3.36. The Morgan fingerprint density at radius 1 is 1.20 bits per heavy atom. The fraction of sp³-hybridized carbons (Fsp3) is 0.316. The summed E-state index contributed by atoms with van der Waals surface area (Å²) in [5.41, 5.74) is 3.69. The number of hydrogen-bond acceptors (Lipinski definition) is 3. The van der Waals surface area contributed by atoms with Gasteiger partial charge in [-0.2, -0.15) is 5.10 Å². The van der Waals surface area contributed by atoms with Gasteiger partial charge in [0, 0.05) is 50.0 Å². The predicted octanol–water partition coefficient (Wildman–Crippen LogP) is 3.34. The van der Waals surface area contributed by atoms with Crippen molar-refractivity contribution in [2.75, 3.05) is 5.32 Å². The average Bonchev–Trinajstić information content (AvgIpc) is 3.11. The van der Waals surface area contributed by atoms with Crippen LogP contribution < -0.4 is 5.32 Å². The number of amides is 1. The lowest BCUT2D eigenvalue weighted by molar-refractivity contribution is 0.102. The second-order valence-corrected chi connectivity index (χ2v) is 6.58. The van der Waals surface area contributed by atoms with E-state index < -0.39 is 0 Å². The van der Waals surface area contributed by atoms with Gasteiger partial charge in [-0.25, -0.2) is 0 Å². The summed E-state index contributed by atoms with van der Waals surface area (Å²) in [6.07, 6.45) is 9.00. The third-order valence-corrected chi connectivity index (χ3v) is 4.95. The van der Waals surface area contributed by atoms with Crippen molar-refractivity contribution in [1.82, 2.24) is 19.3 Å². The molecule has 0 bridgehead atoms. The second kappa shape index (κ2) is 6.20. The molecule has 128 valence electrons. The summed E-state index contributed by atoms with van der Waals surface area (Å²) in [5, 5.41) is 7.49. The van der Waals surface area contributed by atoms with Crippen molar-refractivity contribution >= 4 is 11.7 Å². The Balaban J connectivity index is 1.59. The van der Waals surface area contributed by atoms with Crippen molar-refractivity contribution in [3.8, 4) is 11.3 Å². The minimum absolute atomic E-state index is 0.0771. The molecule has 0 atom stereocenters. The van der Waals surface area contributed by atoms with E-state index in [9.17, 15) is 4.79 Å². The zero-order valence-corrected chi connectivity index (χ0v) is 14.4. The fourth-order valence-corrected chi connectivity index (χ4v) is 3.36. The van der Waals surface area contributed by atoms with Gasteiger partial charge in [0.1, 0.15) is 5.82 Å². The molecule has 1 fully saturated rings. The molecule has 6 heteroatoms. The number of rotatable bonds is 4. The molecular weight excluding hydrogens is 314 g/mol. The van der Waals surface area contributed by atoms with E-state index in [1.165, 1.54) is 6.42 Å². The van der Waals surface area contributed by atoms with Crippen molar-refractivity contribution < 1.29 is 4.79 Å². The SMILES string of the molecule is Cn1ccc(C(=O)Nc2cc(-c3ccncc3)nn2C)c1C1CCC1. The number of carbonyl (C=O) groups excluding carboxylic acids is 1. The van der Waals surface area contributed by atoms with Crippen molar-refractivity contribution in [2.24, 2.45) is 14.1 Å². The summed E-state index contributed by atoms with van der Waals surface area (Å²) in [6, 6.07) is 7.60. The van der Waals surface area contributed by atoms with Gasteiger partial charge in [-0.05, 0) is 37.0 Å². The number of aromatic nitrogens is 4. The van der Waals surface area contributed by atoms with Gasteiger partial charge in [-0.15, -0.1) is 0 Å². The third kappa shape index (κ3) is 2.84. The first-order valence-corrected chi connectivity index (χ1v) is 8.54. The molecule has 1 aliphatic rings. The normalized spacial score (nSPS) is 14.3. The highest BCUT2D eigenvalue weighted by molar-refractivity contribution is 6.05. The van der Waals surface area contributed by atoms with E-state index in [-0.39, 0.29) is 5.91 Å². The molecule has 0 unspecified atom stereocenters. The number of pyridine rings is 1. The zero-order chi connectivity index (χ0) is 17.4. The molecule has 25 heavy (non-hydrogen) atoms. The third-order valence-electron chi connectivity index (χ3n) is 4.95. The van der Waals surface area contributed by atoms with Gasteiger partial charge in [0.2, 0.25) is 0 Å². The Hall–Kier alpha value is -2.89. The molecule has 0 radical (unpaired) electrons. The molecule has 3 aromatic heterocycles. The number of carbonyl (C=O) groups is 1. The van der Waals surface area contributed by atoms with E-state index in [2.05, 4.69) is 20.0 Å². The quantitative estimate of drug-likeness (QED) is 0.795. The Morgan fingerprint density at radius 2 is 1.96 bits per heavy atom. The lowest BCUT2D eigenvalue weighted by atomic mass is 9.81. The molecule has 0 aliphatic heterocycles. The molecule has 4 rings (SSSR count). The molecule has 1 aliphatic carbocycles. The highest BCUT2D eigenvalue weighted by Crippen LogP contribution is 2.38. The van der Waals surface area contributed by atoms with Crippen molar-refractivity contribution in [2.45, 2.75) is 25.2 Å². The van der Waals surface area contributed by atoms with Gasteiger partial charge >= 0.3 is 0 Å². The van der Waals surface area contributed by atoms with E-state index in [1.54, 1.807) is 17.1 Å². The molecule has 1 amide bonds. The maximum Gasteiger partial charge on any atom is 0.258 e. The highest BCUT2D eigenvalue weighted by Gasteiger charge is 2.27. The second-order valence-electron chi connectivity index (χ2n) is 6.58. The molecular formula is C19H21N5O. The van der Waals surface area contributed by atoms with Gasteiger partial charge < -0.3 is 9.88 Å². The van der Waals surface area contributed by atoms with Gasteiger partial charge in [0.15, 0.2) is 0 Å². The van der Waals surface area contributed by atoms with Crippen LogP contribution in [0.25, 0.3) is 11.3 Å². The molecule has 3 heterocycles. The summed E-state index contributed by atoms with van der Waals surface area (Å²) in [4.78, 5) is 16.8. The lowest BCUT2D eigenvalue weighted by Crippen LogP contribution is -2.20. The standard InChI is InChI=1S/C19H21N5O/c1-23-11-8-15(18(23)14-4-3-5-14)19(25)21-17-12-16(22-24(17)2)13-6-9-20-10-7-13/h6-12,14H,3-5H2,1-2H3,(H,21,25). The first-order valence-electron chi connectivity index (χ1n) is 8.54. The number of anilines is 1. The van der Waals surface area contributed by atoms with Crippen LogP contribution in [-0.2, 0) is 14.1 Å². The molecule has 0 saturated heterocycles. The van der Waals surface area contributed by atoms with Crippen LogP contribution in [-0.4, -0.2) is 25.2 Å². The van der Waals surface area contributed by atoms with Crippen molar-refractivity contribution in [1.29, 1.82) is 0 Å². The minimum atomic E-state index is -0.0771. The monoisotopic (exact) mass is 335 g/mol. The predicted molar refractivity (Wildman–Crippen MR) is 96.4 cm³/mol. The van der Waals surface area contributed by atoms with Crippen LogP contribution in [0.4, 0.5) is 5.82 Å². The van der Waals surface area contributed by atoms with Crippen LogP contribution in [0.1, 0.15) is 41.2 Å². The average molecular weight is 335 g/mol. The summed E-state index contributed by atoms with van der Waals surface area (Å²) >= 11 is 0. The number of nitrogens with one attached hydrogen (secondary N) is 1. The van der Waals surface area contributed by atoms with Crippen LogP contribution in [0.2, 0.25) is 0 Å². The van der Waals surface area contributed by atoms with Gasteiger partial charge in [-0.3, -0.25) is 14.5 Å². The maximum atomic E-state index is 12.8. The summed E-state index contributed by atoms with van der Waals surface area (Å²) < 4.78 is 3.77. The minimum Gasteiger partial charge on any atom is -0.353 e. The summed E-state index contributed by atoms with van der Waals surface area (Å²) in [5.74, 6) is 1.10. The topological polar surface area (TPSA) is 64.7 Å².